The van der Waals surface area contributed by atoms with Crippen LogP contribution in [0.15, 0.2) is 41.0 Å². The molecular weight excluding hydrogens is 266 g/mol. The van der Waals surface area contributed by atoms with Gasteiger partial charge < -0.3 is 14.8 Å². The van der Waals surface area contributed by atoms with E-state index >= 15 is 0 Å². The number of aliphatic hydroxyl groups is 1. The number of carbonyl (C=O) groups excluding carboxylic acids is 1. The molecular formula is C17H17NO3. The number of nitrogens with one attached hydrogen (secondary N) is 1. The Bertz CT molecular complexity index is 678. The van der Waals surface area contributed by atoms with E-state index in [0.717, 1.165) is 5.56 Å². The summed E-state index contributed by atoms with van der Waals surface area (Å²) in [5.74, 6) is 5.91. The molecule has 0 saturated heterocycles. The normalized spacial score (nSPS) is 11.4. The summed E-state index contributed by atoms with van der Waals surface area (Å²) in [5, 5.41) is 11.6. The predicted octanol–water partition coefficient (Wildman–Crippen LogP) is 2.42. The van der Waals surface area contributed by atoms with Crippen LogP contribution < -0.4 is 5.32 Å². The van der Waals surface area contributed by atoms with E-state index < -0.39 is 0 Å². The van der Waals surface area contributed by atoms with E-state index in [1.54, 1.807) is 24.5 Å². The van der Waals surface area contributed by atoms with Crippen LogP contribution in [0.2, 0.25) is 0 Å². The fourth-order valence-corrected chi connectivity index (χ4v) is 2.02. The second-order valence-corrected chi connectivity index (χ2v) is 4.76. The number of benzene rings is 1. The molecule has 1 unspecified atom stereocenters. The lowest BCUT2D eigenvalue weighted by Crippen LogP contribution is -2.26. The number of amides is 1. The molecule has 1 aromatic carbocycles. The minimum Gasteiger partial charge on any atom is -0.467 e. The Morgan fingerprint density at radius 2 is 2.24 bits per heavy atom. The van der Waals surface area contributed by atoms with E-state index in [0.29, 0.717) is 16.9 Å². The molecule has 0 bridgehead atoms. The number of rotatable bonds is 3. The highest BCUT2D eigenvalue weighted by atomic mass is 16.3. The summed E-state index contributed by atoms with van der Waals surface area (Å²) < 4.78 is 5.27. The Morgan fingerprint density at radius 3 is 2.90 bits per heavy atom. The molecule has 2 rings (SSSR count). The third-order valence-electron chi connectivity index (χ3n) is 2.97. The van der Waals surface area contributed by atoms with Crippen LogP contribution in [0.3, 0.4) is 0 Å². The van der Waals surface area contributed by atoms with Crippen molar-refractivity contribution in [3.8, 4) is 11.8 Å². The molecule has 4 heteroatoms. The SMILES string of the molecule is Cc1cc(C#CCO)cc(C(=O)NC(C)c2ccco2)c1. The van der Waals surface area contributed by atoms with Crippen molar-refractivity contribution in [2.24, 2.45) is 0 Å². The second kappa shape index (κ2) is 6.78. The van der Waals surface area contributed by atoms with Gasteiger partial charge >= 0.3 is 0 Å². The molecule has 0 fully saturated rings. The molecule has 0 aliphatic carbocycles. The number of carbonyl (C=O) groups is 1. The highest BCUT2D eigenvalue weighted by molar-refractivity contribution is 5.95. The largest absolute Gasteiger partial charge is 0.467 e. The van der Waals surface area contributed by atoms with Crippen molar-refractivity contribution < 1.29 is 14.3 Å². The summed E-state index contributed by atoms with van der Waals surface area (Å²) in [5.41, 5.74) is 2.19. The molecule has 2 aromatic rings. The van der Waals surface area contributed by atoms with Gasteiger partial charge in [0, 0.05) is 11.1 Å². The van der Waals surface area contributed by atoms with Crippen molar-refractivity contribution in [2.75, 3.05) is 6.61 Å². The Labute approximate surface area is 123 Å². The van der Waals surface area contributed by atoms with Crippen LogP contribution in [0.5, 0.6) is 0 Å². The summed E-state index contributed by atoms with van der Waals surface area (Å²) >= 11 is 0. The lowest BCUT2D eigenvalue weighted by Gasteiger charge is -2.12. The average Bonchev–Trinajstić information content (AvgIpc) is 2.98. The van der Waals surface area contributed by atoms with Crippen LogP contribution in [0.25, 0.3) is 0 Å². The fraction of sp³-hybridized carbons (Fsp3) is 0.235. The zero-order valence-electron chi connectivity index (χ0n) is 12.0. The molecule has 21 heavy (non-hydrogen) atoms. The third kappa shape index (κ3) is 3.98. The Morgan fingerprint density at radius 1 is 1.43 bits per heavy atom. The third-order valence-corrected chi connectivity index (χ3v) is 2.97. The van der Waals surface area contributed by atoms with Crippen LogP contribution in [0, 0.1) is 18.8 Å². The topological polar surface area (TPSA) is 62.5 Å². The molecule has 0 aliphatic rings. The van der Waals surface area contributed by atoms with Gasteiger partial charge in [0.2, 0.25) is 0 Å². The summed E-state index contributed by atoms with van der Waals surface area (Å²) in [6.07, 6.45) is 1.58. The number of hydrogen-bond acceptors (Lipinski definition) is 3. The van der Waals surface area contributed by atoms with E-state index in [9.17, 15) is 4.79 Å². The molecule has 2 N–H and O–H groups in total. The molecule has 0 saturated carbocycles. The lowest BCUT2D eigenvalue weighted by atomic mass is 10.1. The van der Waals surface area contributed by atoms with E-state index in [1.165, 1.54) is 0 Å². The van der Waals surface area contributed by atoms with Gasteiger partial charge in [-0.15, -0.1) is 0 Å². The summed E-state index contributed by atoms with van der Waals surface area (Å²) in [7, 11) is 0. The maximum atomic E-state index is 12.3. The Balaban J connectivity index is 2.17. The van der Waals surface area contributed by atoms with Gasteiger partial charge in [0.15, 0.2) is 0 Å². The lowest BCUT2D eigenvalue weighted by molar-refractivity contribution is 0.0935. The number of aliphatic hydroxyl groups excluding tert-OH is 1. The van der Waals surface area contributed by atoms with E-state index in [-0.39, 0.29) is 18.6 Å². The van der Waals surface area contributed by atoms with Gasteiger partial charge in [-0.3, -0.25) is 4.79 Å². The van der Waals surface area contributed by atoms with Crippen LogP contribution in [-0.2, 0) is 0 Å². The Kier molecular flexibility index (Phi) is 4.81. The minimum absolute atomic E-state index is 0.186. The highest BCUT2D eigenvalue weighted by Crippen LogP contribution is 2.14. The quantitative estimate of drug-likeness (QED) is 0.850. The average molecular weight is 283 g/mol. The number of furan rings is 1. The van der Waals surface area contributed by atoms with Crippen molar-refractivity contribution in [3.63, 3.8) is 0 Å². The highest BCUT2D eigenvalue weighted by Gasteiger charge is 2.14. The first-order valence-corrected chi connectivity index (χ1v) is 6.66. The first kappa shape index (κ1) is 14.9. The monoisotopic (exact) mass is 283 g/mol. The molecule has 1 atom stereocenters. The van der Waals surface area contributed by atoms with Crippen LogP contribution in [-0.4, -0.2) is 17.6 Å². The molecule has 1 aromatic heterocycles. The molecule has 108 valence electrons. The van der Waals surface area contributed by atoms with Crippen LogP contribution >= 0.6 is 0 Å². The molecule has 0 radical (unpaired) electrons. The smallest absolute Gasteiger partial charge is 0.251 e. The standard InChI is InChI=1S/C17H17NO3/c1-12-9-14(5-3-7-19)11-15(10-12)17(20)18-13(2)16-6-4-8-21-16/h4,6,8-11,13,19H,7H2,1-2H3,(H,18,20). The molecule has 0 spiro atoms. The van der Waals surface area contributed by atoms with Gasteiger partial charge in [-0.1, -0.05) is 11.8 Å². The van der Waals surface area contributed by atoms with Crippen LogP contribution in [0.1, 0.15) is 40.2 Å². The summed E-state index contributed by atoms with van der Waals surface area (Å²) in [4.78, 5) is 12.3. The van der Waals surface area contributed by atoms with Crippen molar-refractivity contribution in [3.05, 3.63) is 59.0 Å². The fourth-order valence-electron chi connectivity index (χ4n) is 2.02. The maximum absolute atomic E-state index is 12.3. The summed E-state index contributed by atoms with van der Waals surface area (Å²) in [6.45, 7) is 3.56. The zero-order valence-corrected chi connectivity index (χ0v) is 12.0. The summed E-state index contributed by atoms with van der Waals surface area (Å²) in [6, 6.07) is 8.77. The van der Waals surface area contributed by atoms with Gasteiger partial charge in [-0.2, -0.15) is 0 Å². The second-order valence-electron chi connectivity index (χ2n) is 4.76. The maximum Gasteiger partial charge on any atom is 0.251 e. The number of aryl methyl sites for hydroxylation is 1. The molecule has 1 heterocycles. The van der Waals surface area contributed by atoms with Crippen molar-refractivity contribution in [1.29, 1.82) is 0 Å². The minimum atomic E-state index is -0.208. The van der Waals surface area contributed by atoms with E-state index in [2.05, 4.69) is 17.2 Å². The molecule has 0 aliphatic heterocycles. The molecule has 1 amide bonds. The van der Waals surface area contributed by atoms with E-state index in [4.69, 9.17) is 9.52 Å². The van der Waals surface area contributed by atoms with Crippen molar-refractivity contribution in [1.82, 2.24) is 5.32 Å². The van der Waals surface area contributed by atoms with Crippen molar-refractivity contribution in [2.45, 2.75) is 19.9 Å². The van der Waals surface area contributed by atoms with Gasteiger partial charge in [-0.05, 0) is 49.7 Å². The number of hydrogen-bond donors (Lipinski definition) is 2. The Hall–Kier alpha value is -2.51. The predicted molar refractivity (Wildman–Crippen MR) is 79.7 cm³/mol. The zero-order chi connectivity index (χ0) is 15.2. The first-order valence-electron chi connectivity index (χ1n) is 6.66. The molecule has 4 nitrogen and oxygen atoms in total. The van der Waals surface area contributed by atoms with Gasteiger partial charge in [0.1, 0.15) is 12.4 Å². The van der Waals surface area contributed by atoms with Gasteiger partial charge in [0.05, 0.1) is 12.3 Å². The van der Waals surface area contributed by atoms with Gasteiger partial charge in [0.25, 0.3) is 5.91 Å². The van der Waals surface area contributed by atoms with Crippen LogP contribution in [0.4, 0.5) is 0 Å². The first-order chi connectivity index (χ1) is 10.1. The van der Waals surface area contributed by atoms with Crippen molar-refractivity contribution >= 4 is 5.91 Å². The van der Waals surface area contributed by atoms with Gasteiger partial charge in [-0.25, -0.2) is 0 Å². The van der Waals surface area contributed by atoms with E-state index in [1.807, 2.05) is 26.0 Å².